The Morgan fingerprint density at radius 1 is 1.05 bits per heavy atom. The highest BCUT2D eigenvalue weighted by Gasteiger charge is 2.22. The normalized spacial score (nSPS) is 20.3. The summed E-state index contributed by atoms with van der Waals surface area (Å²) < 4.78 is 11.3. The molecule has 1 aliphatic heterocycles. The van der Waals surface area contributed by atoms with E-state index in [4.69, 9.17) is 9.47 Å². The van der Waals surface area contributed by atoms with E-state index in [1.165, 1.54) is 31.2 Å². The molecule has 0 radical (unpaired) electrons. The van der Waals surface area contributed by atoms with E-state index in [0.29, 0.717) is 5.92 Å². The maximum atomic E-state index is 5.91. The minimum atomic E-state index is 0.639. The predicted octanol–water partition coefficient (Wildman–Crippen LogP) is 2.95. The van der Waals surface area contributed by atoms with Gasteiger partial charge in [0.2, 0.25) is 0 Å². The van der Waals surface area contributed by atoms with Gasteiger partial charge in [0.1, 0.15) is 11.5 Å². The number of rotatable bonds is 5. The van der Waals surface area contributed by atoms with E-state index in [1.54, 1.807) is 7.11 Å². The van der Waals surface area contributed by atoms with Crippen molar-refractivity contribution < 1.29 is 9.47 Å². The lowest BCUT2D eigenvalue weighted by molar-refractivity contribution is 0.296. The van der Waals surface area contributed by atoms with Gasteiger partial charge < -0.3 is 14.8 Å². The fourth-order valence-electron chi connectivity index (χ4n) is 2.68. The summed E-state index contributed by atoms with van der Waals surface area (Å²) in [5, 5.41) is 3.41. The van der Waals surface area contributed by atoms with Gasteiger partial charge in [-0.2, -0.15) is 0 Å². The zero-order chi connectivity index (χ0) is 13.1. The summed E-state index contributed by atoms with van der Waals surface area (Å²) in [7, 11) is 1.73. The van der Waals surface area contributed by atoms with Gasteiger partial charge in [0, 0.05) is 6.07 Å². The summed E-state index contributed by atoms with van der Waals surface area (Å²) in [5.74, 6) is 3.31. The Morgan fingerprint density at radius 3 is 2.47 bits per heavy atom. The third kappa shape index (κ3) is 3.41. The molecule has 0 unspecified atom stereocenters. The maximum Gasteiger partial charge on any atom is 0.123 e. The molecule has 0 aromatic heterocycles. The molecule has 1 aliphatic carbocycles. The average Bonchev–Trinajstić information content (AvgIpc) is 3.30. The third-order valence-corrected chi connectivity index (χ3v) is 4.13. The summed E-state index contributed by atoms with van der Waals surface area (Å²) in [6.07, 6.45) is 5.06. The molecule has 1 heterocycles. The van der Waals surface area contributed by atoms with Crippen molar-refractivity contribution in [3.8, 4) is 11.5 Å². The van der Waals surface area contributed by atoms with Crippen molar-refractivity contribution in [2.24, 2.45) is 5.92 Å². The van der Waals surface area contributed by atoms with Crippen molar-refractivity contribution in [1.29, 1.82) is 0 Å². The number of ether oxygens (including phenoxy) is 2. The van der Waals surface area contributed by atoms with Crippen LogP contribution in [0.1, 0.15) is 37.2 Å². The minimum Gasteiger partial charge on any atom is -0.497 e. The first-order valence-corrected chi connectivity index (χ1v) is 7.37. The molecule has 1 saturated heterocycles. The highest BCUT2D eigenvalue weighted by atomic mass is 16.5. The summed E-state index contributed by atoms with van der Waals surface area (Å²) >= 11 is 0. The van der Waals surface area contributed by atoms with Crippen LogP contribution in [0.3, 0.4) is 0 Å². The van der Waals surface area contributed by atoms with E-state index in [2.05, 4.69) is 17.4 Å². The van der Waals surface area contributed by atoms with Gasteiger partial charge in [-0.1, -0.05) is 0 Å². The van der Waals surface area contributed by atoms with Gasteiger partial charge in [-0.25, -0.2) is 0 Å². The zero-order valence-corrected chi connectivity index (χ0v) is 11.7. The molecule has 1 aromatic rings. The molecule has 19 heavy (non-hydrogen) atoms. The molecule has 2 aliphatic rings. The molecule has 2 fully saturated rings. The van der Waals surface area contributed by atoms with E-state index in [9.17, 15) is 0 Å². The number of methoxy groups -OCH3 is 1. The van der Waals surface area contributed by atoms with Gasteiger partial charge in [0.15, 0.2) is 0 Å². The molecule has 3 heteroatoms. The Kier molecular flexibility index (Phi) is 3.92. The van der Waals surface area contributed by atoms with Crippen molar-refractivity contribution in [3.63, 3.8) is 0 Å². The van der Waals surface area contributed by atoms with Crippen LogP contribution < -0.4 is 14.8 Å². The van der Waals surface area contributed by atoms with Crippen LogP contribution in [0.5, 0.6) is 11.5 Å². The van der Waals surface area contributed by atoms with Crippen LogP contribution in [0, 0.1) is 5.92 Å². The van der Waals surface area contributed by atoms with Gasteiger partial charge >= 0.3 is 0 Å². The van der Waals surface area contributed by atoms with Crippen molar-refractivity contribution in [2.45, 2.75) is 31.6 Å². The Hall–Kier alpha value is -1.22. The van der Waals surface area contributed by atoms with Crippen LogP contribution in [-0.2, 0) is 0 Å². The molecule has 0 bridgehead atoms. The second-order valence-electron chi connectivity index (χ2n) is 5.72. The molecular weight excluding hydrogens is 238 g/mol. The van der Waals surface area contributed by atoms with E-state index < -0.39 is 0 Å². The van der Waals surface area contributed by atoms with Crippen LogP contribution in [0.2, 0.25) is 0 Å². The lowest BCUT2D eigenvalue weighted by Gasteiger charge is -2.24. The van der Waals surface area contributed by atoms with Crippen LogP contribution in [0.25, 0.3) is 0 Å². The van der Waals surface area contributed by atoms with Crippen LogP contribution >= 0.6 is 0 Å². The molecule has 3 rings (SSSR count). The molecule has 0 amide bonds. The maximum absolute atomic E-state index is 5.91. The quantitative estimate of drug-likeness (QED) is 0.884. The van der Waals surface area contributed by atoms with Crippen molar-refractivity contribution in [3.05, 3.63) is 23.8 Å². The average molecular weight is 261 g/mol. The first-order chi connectivity index (χ1) is 9.35. The van der Waals surface area contributed by atoms with Crippen LogP contribution in [0.4, 0.5) is 0 Å². The molecule has 0 atom stereocenters. The second kappa shape index (κ2) is 5.83. The molecule has 1 aromatic carbocycles. The van der Waals surface area contributed by atoms with Gasteiger partial charge in [0.05, 0.1) is 13.7 Å². The van der Waals surface area contributed by atoms with Crippen molar-refractivity contribution in [1.82, 2.24) is 5.32 Å². The van der Waals surface area contributed by atoms with Gasteiger partial charge in [-0.3, -0.25) is 0 Å². The van der Waals surface area contributed by atoms with Gasteiger partial charge in [-0.15, -0.1) is 0 Å². The van der Waals surface area contributed by atoms with E-state index in [1.807, 2.05) is 6.07 Å². The Morgan fingerprint density at radius 2 is 1.79 bits per heavy atom. The van der Waals surface area contributed by atoms with Crippen LogP contribution in [-0.4, -0.2) is 26.8 Å². The second-order valence-corrected chi connectivity index (χ2v) is 5.72. The predicted molar refractivity (Wildman–Crippen MR) is 76.1 cm³/mol. The molecule has 3 nitrogen and oxygen atoms in total. The first kappa shape index (κ1) is 12.8. The standard InChI is InChI=1S/C16H23NO2/c1-18-15-8-14(13-4-6-17-7-5-13)9-16(10-15)19-11-12-2-3-12/h8-10,12-13,17H,2-7,11H2,1H3. The molecule has 104 valence electrons. The zero-order valence-electron chi connectivity index (χ0n) is 11.7. The highest BCUT2D eigenvalue weighted by Crippen LogP contribution is 2.34. The van der Waals surface area contributed by atoms with E-state index in [0.717, 1.165) is 37.1 Å². The lowest BCUT2D eigenvalue weighted by atomic mass is 9.90. The summed E-state index contributed by atoms with van der Waals surface area (Å²) in [4.78, 5) is 0. The fraction of sp³-hybridized carbons (Fsp3) is 0.625. The molecule has 1 saturated carbocycles. The van der Waals surface area contributed by atoms with E-state index in [-0.39, 0.29) is 0 Å². The third-order valence-electron chi connectivity index (χ3n) is 4.13. The van der Waals surface area contributed by atoms with Gasteiger partial charge in [0.25, 0.3) is 0 Å². The Bertz CT molecular complexity index is 423. The smallest absolute Gasteiger partial charge is 0.123 e. The summed E-state index contributed by atoms with van der Waals surface area (Å²) in [5.41, 5.74) is 1.37. The Labute approximate surface area is 115 Å². The monoisotopic (exact) mass is 261 g/mol. The lowest BCUT2D eigenvalue weighted by Crippen LogP contribution is -2.26. The molecule has 1 N–H and O–H groups in total. The topological polar surface area (TPSA) is 30.5 Å². The molecular formula is C16H23NO2. The van der Waals surface area contributed by atoms with Crippen molar-refractivity contribution >= 4 is 0 Å². The van der Waals surface area contributed by atoms with Crippen molar-refractivity contribution in [2.75, 3.05) is 26.8 Å². The van der Waals surface area contributed by atoms with E-state index >= 15 is 0 Å². The fourth-order valence-corrected chi connectivity index (χ4v) is 2.68. The first-order valence-electron chi connectivity index (χ1n) is 7.37. The SMILES string of the molecule is COc1cc(OCC2CC2)cc(C2CCNCC2)c1. The number of hydrogen-bond donors (Lipinski definition) is 1. The number of benzene rings is 1. The Balaban J connectivity index is 1.74. The number of hydrogen-bond acceptors (Lipinski definition) is 3. The largest absolute Gasteiger partial charge is 0.497 e. The highest BCUT2D eigenvalue weighted by molar-refractivity contribution is 5.40. The number of nitrogens with one attached hydrogen (secondary N) is 1. The van der Waals surface area contributed by atoms with Crippen LogP contribution in [0.15, 0.2) is 18.2 Å². The molecule has 0 spiro atoms. The summed E-state index contributed by atoms with van der Waals surface area (Å²) in [6.45, 7) is 3.08. The number of piperidine rings is 1. The summed E-state index contributed by atoms with van der Waals surface area (Å²) in [6, 6.07) is 6.38. The minimum absolute atomic E-state index is 0.639. The van der Waals surface area contributed by atoms with Gasteiger partial charge in [-0.05, 0) is 68.3 Å².